The Balaban J connectivity index is 1.67. The van der Waals surface area contributed by atoms with Gasteiger partial charge in [-0.3, -0.25) is 14.2 Å². The molecule has 176 valence electrons. The topological polar surface area (TPSA) is 101 Å². The number of fused-ring (bicyclic) bond motifs is 1. The number of aryl methyl sites for hydroxylation is 2. The summed E-state index contributed by atoms with van der Waals surface area (Å²) in [4.78, 5) is 31.2. The quantitative estimate of drug-likeness (QED) is 0.517. The van der Waals surface area contributed by atoms with Gasteiger partial charge in [-0.15, -0.1) is 11.3 Å². The van der Waals surface area contributed by atoms with Crippen LogP contribution in [0.1, 0.15) is 30.2 Å². The van der Waals surface area contributed by atoms with E-state index in [0.29, 0.717) is 34.4 Å². The maximum atomic E-state index is 13.5. The van der Waals surface area contributed by atoms with Crippen molar-refractivity contribution in [1.82, 2.24) is 13.9 Å². The van der Waals surface area contributed by atoms with E-state index in [2.05, 4.69) is 33.2 Å². The highest BCUT2D eigenvalue weighted by atomic mass is 79.9. The number of rotatable bonds is 5. The predicted molar refractivity (Wildman–Crippen MR) is 133 cm³/mol. The molecule has 1 aromatic carbocycles. The largest absolute Gasteiger partial charge is 0.324 e. The fraction of sp³-hybridized carbons (Fsp3) is 0.409. The number of hydrogen-bond acceptors (Lipinski definition) is 6. The number of sulfonamides is 1. The van der Waals surface area contributed by atoms with Gasteiger partial charge in [-0.2, -0.15) is 4.31 Å². The van der Waals surface area contributed by atoms with Gasteiger partial charge in [-0.05, 0) is 56.4 Å². The standard InChI is InChI=1S/C22H25BrN4O4S2/c1-13-6-8-27(9-7-13)33(30,31)20-15(3)32-21-19(20)22(29)26(12-24-21)11-18(28)25-17-5-4-16(23)10-14(17)2/h4-5,10,12-13H,6-9,11H2,1-3H3,(H,25,28). The maximum Gasteiger partial charge on any atom is 0.263 e. The number of benzene rings is 1. The summed E-state index contributed by atoms with van der Waals surface area (Å²) in [5.74, 6) is 0.0774. The summed E-state index contributed by atoms with van der Waals surface area (Å²) in [6, 6.07) is 5.46. The molecule has 0 unspecified atom stereocenters. The van der Waals surface area contributed by atoms with Crippen LogP contribution in [-0.2, 0) is 21.4 Å². The van der Waals surface area contributed by atoms with Crippen molar-refractivity contribution in [3.05, 3.63) is 49.8 Å². The first-order chi connectivity index (χ1) is 15.6. The zero-order valence-electron chi connectivity index (χ0n) is 18.6. The summed E-state index contributed by atoms with van der Waals surface area (Å²) in [6.07, 6.45) is 2.88. The molecule has 0 saturated carbocycles. The molecule has 0 radical (unpaired) electrons. The third kappa shape index (κ3) is 4.77. The molecule has 1 aliphatic rings. The van der Waals surface area contributed by atoms with Gasteiger partial charge in [-0.1, -0.05) is 22.9 Å². The Bertz CT molecular complexity index is 1390. The zero-order chi connectivity index (χ0) is 23.9. The molecule has 0 spiro atoms. The second kappa shape index (κ2) is 9.28. The Morgan fingerprint density at radius 3 is 2.64 bits per heavy atom. The van der Waals surface area contributed by atoms with Gasteiger partial charge in [0.05, 0.1) is 11.7 Å². The van der Waals surface area contributed by atoms with E-state index in [1.165, 1.54) is 22.0 Å². The second-order valence-corrected chi connectivity index (χ2v) is 12.4. The van der Waals surface area contributed by atoms with Crippen LogP contribution in [0.5, 0.6) is 0 Å². The molecule has 11 heteroatoms. The minimum absolute atomic E-state index is 0.0214. The summed E-state index contributed by atoms with van der Waals surface area (Å²) in [6.45, 7) is 6.27. The van der Waals surface area contributed by atoms with Crippen molar-refractivity contribution in [2.45, 2.75) is 45.1 Å². The summed E-state index contributed by atoms with van der Waals surface area (Å²) in [5, 5.41) is 2.86. The molecule has 3 aromatic rings. The van der Waals surface area contributed by atoms with Gasteiger partial charge in [0.25, 0.3) is 5.56 Å². The van der Waals surface area contributed by atoms with Crippen molar-refractivity contribution in [3.8, 4) is 0 Å². The average molecular weight is 554 g/mol. The van der Waals surface area contributed by atoms with Gasteiger partial charge in [0.1, 0.15) is 16.3 Å². The van der Waals surface area contributed by atoms with Crippen LogP contribution in [0.25, 0.3) is 10.2 Å². The van der Waals surface area contributed by atoms with E-state index in [1.807, 2.05) is 19.1 Å². The van der Waals surface area contributed by atoms with Crippen LogP contribution in [0.4, 0.5) is 5.69 Å². The third-order valence-electron chi connectivity index (χ3n) is 5.92. The van der Waals surface area contributed by atoms with Gasteiger partial charge in [0, 0.05) is 28.1 Å². The van der Waals surface area contributed by atoms with Crippen LogP contribution in [0.3, 0.4) is 0 Å². The first kappa shape index (κ1) is 24.1. The molecule has 0 aliphatic carbocycles. The summed E-state index contributed by atoms with van der Waals surface area (Å²) in [7, 11) is -3.84. The molecule has 0 bridgehead atoms. The first-order valence-corrected chi connectivity index (χ1v) is 13.7. The molecule has 8 nitrogen and oxygen atoms in total. The molecule has 1 fully saturated rings. The summed E-state index contributed by atoms with van der Waals surface area (Å²) in [5.41, 5.74) is 0.978. The number of thiophene rings is 1. The molecule has 1 amide bonds. The van der Waals surface area contributed by atoms with E-state index < -0.39 is 21.5 Å². The third-order valence-corrected chi connectivity index (χ3v) is 9.62. The van der Waals surface area contributed by atoms with Gasteiger partial charge in [0.2, 0.25) is 15.9 Å². The van der Waals surface area contributed by atoms with E-state index >= 15 is 0 Å². The molecular weight excluding hydrogens is 528 g/mol. The summed E-state index contributed by atoms with van der Waals surface area (Å²) < 4.78 is 30.4. The lowest BCUT2D eigenvalue weighted by Crippen LogP contribution is -2.38. The molecular formula is C22H25BrN4O4S2. The van der Waals surface area contributed by atoms with Gasteiger partial charge >= 0.3 is 0 Å². The monoisotopic (exact) mass is 552 g/mol. The van der Waals surface area contributed by atoms with E-state index in [-0.39, 0.29) is 16.8 Å². The highest BCUT2D eigenvalue weighted by molar-refractivity contribution is 9.10. The zero-order valence-corrected chi connectivity index (χ0v) is 21.8. The SMILES string of the molecule is Cc1cc(Br)ccc1NC(=O)Cn1cnc2sc(C)c(S(=O)(=O)N3CCC(C)CC3)c2c1=O. The van der Waals surface area contributed by atoms with E-state index in [4.69, 9.17) is 0 Å². The highest BCUT2D eigenvalue weighted by Crippen LogP contribution is 2.34. The number of nitrogens with one attached hydrogen (secondary N) is 1. The van der Waals surface area contributed by atoms with Crippen molar-refractivity contribution >= 4 is 59.1 Å². The van der Waals surface area contributed by atoms with Crippen LogP contribution < -0.4 is 10.9 Å². The molecule has 4 rings (SSSR count). The van der Waals surface area contributed by atoms with Gasteiger partial charge in [0.15, 0.2) is 0 Å². The van der Waals surface area contributed by atoms with E-state index in [1.54, 1.807) is 13.0 Å². The number of carbonyl (C=O) groups excluding carboxylic acids is 1. The van der Waals surface area contributed by atoms with Crippen molar-refractivity contribution in [2.24, 2.45) is 5.92 Å². The number of hydrogen-bond donors (Lipinski definition) is 1. The normalized spacial score (nSPS) is 15.8. The molecule has 0 atom stereocenters. The fourth-order valence-electron chi connectivity index (χ4n) is 4.00. The number of amides is 1. The molecule has 3 heterocycles. The lowest BCUT2D eigenvalue weighted by Gasteiger charge is -2.29. The van der Waals surface area contributed by atoms with Crippen LogP contribution in [-0.4, -0.2) is 41.3 Å². The Kier molecular flexibility index (Phi) is 6.77. The smallest absolute Gasteiger partial charge is 0.263 e. The van der Waals surface area contributed by atoms with Crippen LogP contribution in [0.15, 0.2) is 38.7 Å². The van der Waals surface area contributed by atoms with Crippen LogP contribution in [0, 0.1) is 19.8 Å². The van der Waals surface area contributed by atoms with Crippen molar-refractivity contribution in [3.63, 3.8) is 0 Å². The predicted octanol–water partition coefficient (Wildman–Crippen LogP) is 3.90. The van der Waals surface area contributed by atoms with Crippen LogP contribution >= 0.6 is 27.3 Å². The maximum absolute atomic E-state index is 13.5. The molecule has 1 N–H and O–H groups in total. The fourth-order valence-corrected chi connectivity index (χ4v) is 7.61. The van der Waals surface area contributed by atoms with Crippen molar-refractivity contribution < 1.29 is 13.2 Å². The first-order valence-electron chi connectivity index (χ1n) is 10.6. The number of halogens is 1. The molecule has 1 aliphatic heterocycles. The number of aromatic nitrogens is 2. The minimum Gasteiger partial charge on any atom is -0.324 e. The van der Waals surface area contributed by atoms with Gasteiger partial charge < -0.3 is 5.32 Å². The van der Waals surface area contributed by atoms with Crippen molar-refractivity contribution in [1.29, 1.82) is 0 Å². The average Bonchev–Trinajstić information content (AvgIpc) is 3.10. The molecule has 1 saturated heterocycles. The molecule has 33 heavy (non-hydrogen) atoms. The van der Waals surface area contributed by atoms with E-state index in [0.717, 1.165) is 27.4 Å². The summed E-state index contributed by atoms with van der Waals surface area (Å²) >= 11 is 4.57. The Morgan fingerprint density at radius 1 is 1.27 bits per heavy atom. The number of nitrogens with zero attached hydrogens (tertiary/aromatic N) is 3. The second-order valence-electron chi connectivity index (χ2n) is 8.44. The number of anilines is 1. The van der Waals surface area contributed by atoms with Gasteiger partial charge in [-0.25, -0.2) is 13.4 Å². The number of piperidine rings is 1. The van der Waals surface area contributed by atoms with Crippen molar-refractivity contribution in [2.75, 3.05) is 18.4 Å². The Labute approximate surface area is 204 Å². The molecule has 2 aromatic heterocycles. The Morgan fingerprint density at radius 2 is 1.97 bits per heavy atom. The lowest BCUT2D eigenvalue weighted by atomic mass is 10.0. The number of carbonyl (C=O) groups is 1. The Hall–Kier alpha value is -2.08. The van der Waals surface area contributed by atoms with Crippen LogP contribution in [0.2, 0.25) is 0 Å². The highest BCUT2D eigenvalue weighted by Gasteiger charge is 2.33. The lowest BCUT2D eigenvalue weighted by molar-refractivity contribution is -0.116. The minimum atomic E-state index is -3.84. The van der Waals surface area contributed by atoms with E-state index in [9.17, 15) is 18.0 Å².